The molecule has 0 unspecified atom stereocenters. The maximum Gasteiger partial charge on any atom is 0.433 e. The lowest BCUT2D eigenvalue weighted by molar-refractivity contribution is -0.266. The minimum absolute atomic E-state index is 0.168. The van der Waals surface area contributed by atoms with E-state index in [0.29, 0.717) is 0 Å². The summed E-state index contributed by atoms with van der Waals surface area (Å²) in [6.45, 7) is 2.00. The van der Waals surface area contributed by atoms with E-state index in [-0.39, 0.29) is 18.1 Å². The standard InChI is InChI=1S/C14H15F6NO2/c1-7-9(6-23-12(7,2)14(18,19)20)8-4-5-10(13(15,16)17)21-11(8)22-3/h4-5,7,9H,6H2,1-3H3/t7-,9-,12+/m1/s1. The van der Waals surface area contributed by atoms with Gasteiger partial charge in [-0.05, 0) is 13.0 Å². The summed E-state index contributed by atoms with van der Waals surface area (Å²) >= 11 is 0. The van der Waals surface area contributed by atoms with Crippen LogP contribution in [0.5, 0.6) is 5.88 Å². The van der Waals surface area contributed by atoms with Gasteiger partial charge in [0.2, 0.25) is 5.88 Å². The molecule has 9 heteroatoms. The van der Waals surface area contributed by atoms with Gasteiger partial charge in [-0.15, -0.1) is 0 Å². The summed E-state index contributed by atoms with van der Waals surface area (Å²) in [4.78, 5) is 3.37. The first kappa shape index (κ1) is 17.8. The van der Waals surface area contributed by atoms with E-state index < -0.39 is 35.5 Å². The number of methoxy groups -OCH3 is 1. The second-order valence-electron chi connectivity index (χ2n) is 5.60. The van der Waals surface area contributed by atoms with E-state index in [0.717, 1.165) is 26.2 Å². The Hall–Kier alpha value is -1.51. The second kappa shape index (κ2) is 5.54. The van der Waals surface area contributed by atoms with Crippen LogP contribution in [0.15, 0.2) is 12.1 Å². The van der Waals surface area contributed by atoms with Crippen LogP contribution >= 0.6 is 0 Å². The van der Waals surface area contributed by atoms with E-state index in [1.807, 2.05) is 0 Å². The van der Waals surface area contributed by atoms with Crippen LogP contribution in [0.25, 0.3) is 0 Å². The van der Waals surface area contributed by atoms with Gasteiger partial charge in [-0.2, -0.15) is 26.3 Å². The van der Waals surface area contributed by atoms with Gasteiger partial charge in [0, 0.05) is 17.4 Å². The number of alkyl halides is 6. The van der Waals surface area contributed by atoms with E-state index in [9.17, 15) is 26.3 Å². The number of rotatable bonds is 2. The van der Waals surface area contributed by atoms with Crippen molar-refractivity contribution in [3.8, 4) is 5.88 Å². The number of ether oxygens (including phenoxy) is 2. The molecule has 130 valence electrons. The van der Waals surface area contributed by atoms with E-state index in [1.165, 1.54) is 6.92 Å². The Bertz CT molecular complexity index is 586. The monoisotopic (exact) mass is 343 g/mol. The van der Waals surface area contributed by atoms with E-state index in [1.54, 1.807) is 0 Å². The molecule has 1 aromatic rings. The van der Waals surface area contributed by atoms with Crippen molar-refractivity contribution in [1.82, 2.24) is 4.98 Å². The van der Waals surface area contributed by atoms with Crippen LogP contribution in [0.2, 0.25) is 0 Å². The lowest BCUT2D eigenvalue weighted by Crippen LogP contribution is -2.46. The second-order valence-corrected chi connectivity index (χ2v) is 5.60. The molecule has 0 amide bonds. The molecular formula is C14H15F6NO2. The first-order chi connectivity index (χ1) is 10.4. The van der Waals surface area contributed by atoms with Crippen LogP contribution in [0.3, 0.4) is 0 Å². The Balaban J connectivity index is 2.40. The Morgan fingerprint density at radius 3 is 2.26 bits per heavy atom. The summed E-state index contributed by atoms with van der Waals surface area (Å²) in [6.07, 6.45) is -9.25. The summed E-state index contributed by atoms with van der Waals surface area (Å²) in [5, 5.41) is 0. The van der Waals surface area contributed by atoms with Gasteiger partial charge < -0.3 is 9.47 Å². The van der Waals surface area contributed by atoms with Crippen LogP contribution in [0.1, 0.15) is 31.0 Å². The number of nitrogens with zero attached hydrogens (tertiary/aromatic N) is 1. The van der Waals surface area contributed by atoms with Crippen LogP contribution in [0.4, 0.5) is 26.3 Å². The molecule has 2 rings (SSSR count). The van der Waals surface area contributed by atoms with E-state index in [4.69, 9.17) is 9.47 Å². The Labute approximate surface area is 128 Å². The van der Waals surface area contributed by atoms with Gasteiger partial charge in [-0.25, -0.2) is 4.98 Å². The van der Waals surface area contributed by atoms with Crippen molar-refractivity contribution in [2.45, 2.75) is 37.7 Å². The largest absolute Gasteiger partial charge is 0.481 e. The zero-order valence-electron chi connectivity index (χ0n) is 12.5. The van der Waals surface area contributed by atoms with Gasteiger partial charge in [0.15, 0.2) is 5.60 Å². The van der Waals surface area contributed by atoms with Crippen molar-refractivity contribution in [1.29, 1.82) is 0 Å². The molecule has 0 spiro atoms. The number of halogens is 6. The van der Waals surface area contributed by atoms with Gasteiger partial charge in [-0.3, -0.25) is 0 Å². The molecule has 1 aromatic heterocycles. The number of hydrogen-bond acceptors (Lipinski definition) is 3. The molecule has 23 heavy (non-hydrogen) atoms. The van der Waals surface area contributed by atoms with E-state index in [2.05, 4.69) is 4.98 Å². The maximum absolute atomic E-state index is 13.2. The summed E-state index contributed by atoms with van der Waals surface area (Å²) in [5.41, 5.74) is -3.37. The molecule has 3 atom stereocenters. The van der Waals surface area contributed by atoms with Gasteiger partial charge >= 0.3 is 12.4 Å². The third-order valence-corrected chi connectivity index (χ3v) is 4.37. The van der Waals surface area contributed by atoms with Crippen LogP contribution < -0.4 is 4.74 Å². The van der Waals surface area contributed by atoms with Crippen molar-refractivity contribution in [3.05, 3.63) is 23.4 Å². The van der Waals surface area contributed by atoms with Gasteiger partial charge in [0.25, 0.3) is 0 Å². The lowest BCUT2D eigenvalue weighted by Gasteiger charge is -2.32. The fourth-order valence-corrected chi connectivity index (χ4v) is 2.68. The minimum Gasteiger partial charge on any atom is -0.481 e. The average molecular weight is 343 g/mol. The number of aromatic nitrogens is 1. The molecule has 0 bridgehead atoms. The highest BCUT2D eigenvalue weighted by Gasteiger charge is 2.61. The molecule has 2 heterocycles. The summed E-state index contributed by atoms with van der Waals surface area (Å²) in [5.74, 6) is -2.12. The number of hydrogen-bond donors (Lipinski definition) is 0. The summed E-state index contributed by atoms with van der Waals surface area (Å²) < 4.78 is 87.3. The maximum atomic E-state index is 13.2. The summed E-state index contributed by atoms with van der Waals surface area (Å²) in [6, 6.07) is 1.83. The minimum atomic E-state index is -4.66. The molecule has 0 N–H and O–H groups in total. The Morgan fingerprint density at radius 1 is 1.22 bits per heavy atom. The van der Waals surface area contributed by atoms with Gasteiger partial charge in [-0.1, -0.05) is 13.0 Å². The van der Waals surface area contributed by atoms with Crippen molar-refractivity contribution in [2.75, 3.05) is 13.7 Å². The molecular weight excluding hydrogens is 328 g/mol. The van der Waals surface area contributed by atoms with Crippen LogP contribution in [-0.2, 0) is 10.9 Å². The SMILES string of the molecule is COc1nc(C(F)(F)F)ccc1[C@@H]1CO[C@](C)(C(F)(F)F)[C@@H]1C. The third kappa shape index (κ3) is 2.98. The Kier molecular flexibility index (Phi) is 4.29. The van der Waals surface area contributed by atoms with Crippen molar-refractivity contribution in [2.24, 2.45) is 5.92 Å². The molecule has 0 saturated carbocycles. The molecule has 1 aliphatic heterocycles. The summed E-state index contributed by atoms with van der Waals surface area (Å²) in [7, 11) is 1.12. The predicted molar refractivity (Wildman–Crippen MR) is 68.1 cm³/mol. The highest BCUT2D eigenvalue weighted by Crippen LogP contribution is 2.51. The average Bonchev–Trinajstić information content (AvgIpc) is 2.74. The fourth-order valence-electron chi connectivity index (χ4n) is 2.68. The van der Waals surface area contributed by atoms with Gasteiger partial charge in [0.05, 0.1) is 13.7 Å². The molecule has 0 aliphatic carbocycles. The quantitative estimate of drug-likeness (QED) is 0.755. The fraction of sp³-hybridized carbons (Fsp3) is 0.643. The van der Waals surface area contributed by atoms with E-state index >= 15 is 0 Å². The zero-order chi connectivity index (χ0) is 17.6. The third-order valence-electron chi connectivity index (χ3n) is 4.37. The zero-order valence-corrected chi connectivity index (χ0v) is 12.5. The van der Waals surface area contributed by atoms with Gasteiger partial charge in [0.1, 0.15) is 5.69 Å². The Morgan fingerprint density at radius 2 is 1.83 bits per heavy atom. The van der Waals surface area contributed by atoms with Crippen molar-refractivity contribution in [3.63, 3.8) is 0 Å². The predicted octanol–water partition coefficient (Wildman–Crippen LogP) is 4.18. The highest BCUT2D eigenvalue weighted by molar-refractivity contribution is 5.34. The highest BCUT2D eigenvalue weighted by atomic mass is 19.4. The molecule has 1 aliphatic rings. The molecule has 0 aromatic carbocycles. The molecule has 3 nitrogen and oxygen atoms in total. The first-order valence-electron chi connectivity index (χ1n) is 6.74. The number of pyridine rings is 1. The van der Waals surface area contributed by atoms with Crippen molar-refractivity contribution >= 4 is 0 Å². The first-order valence-corrected chi connectivity index (χ1v) is 6.74. The molecule has 0 radical (unpaired) electrons. The topological polar surface area (TPSA) is 31.4 Å². The van der Waals surface area contributed by atoms with Crippen LogP contribution in [0, 0.1) is 5.92 Å². The van der Waals surface area contributed by atoms with Crippen molar-refractivity contribution < 1.29 is 35.8 Å². The smallest absolute Gasteiger partial charge is 0.433 e. The van der Waals surface area contributed by atoms with Crippen LogP contribution in [-0.4, -0.2) is 30.5 Å². The normalized spacial score (nSPS) is 28.9. The molecule has 1 fully saturated rings. The lowest BCUT2D eigenvalue weighted by atomic mass is 9.80. The molecule has 1 saturated heterocycles.